The van der Waals surface area contributed by atoms with Crippen molar-refractivity contribution in [2.45, 2.75) is 18.8 Å². The summed E-state index contributed by atoms with van der Waals surface area (Å²) in [7, 11) is 1.62. The van der Waals surface area contributed by atoms with Crippen LogP contribution in [0, 0.1) is 0 Å². The van der Waals surface area contributed by atoms with E-state index in [1.165, 1.54) is 4.90 Å². The van der Waals surface area contributed by atoms with Crippen LogP contribution in [0.25, 0.3) is 0 Å². The van der Waals surface area contributed by atoms with E-state index in [1.807, 2.05) is 0 Å². The Morgan fingerprint density at radius 2 is 2.18 bits per heavy atom. The topological polar surface area (TPSA) is 78.4 Å². The molecule has 0 unspecified atom stereocenters. The van der Waals surface area contributed by atoms with E-state index in [9.17, 15) is 4.79 Å². The normalized spacial score (nSPS) is 14.5. The minimum atomic E-state index is -0.276. The summed E-state index contributed by atoms with van der Waals surface area (Å²) in [5.74, 6) is 1.36. The van der Waals surface area contributed by atoms with Crippen molar-refractivity contribution >= 4 is 11.7 Å². The minimum absolute atomic E-state index is 0.0545. The first-order chi connectivity index (χ1) is 8.20. The Bertz CT molecular complexity index is 389. The first-order valence-electron chi connectivity index (χ1n) is 5.65. The third-order valence-electron chi connectivity index (χ3n) is 2.65. The highest BCUT2D eigenvalue weighted by molar-refractivity contribution is 5.88. The van der Waals surface area contributed by atoms with Crippen LogP contribution in [0.2, 0.25) is 0 Å². The van der Waals surface area contributed by atoms with E-state index in [1.54, 1.807) is 19.4 Å². The van der Waals surface area contributed by atoms with Gasteiger partial charge in [-0.2, -0.15) is 0 Å². The van der Waals surface area contributed by atoms with Crippen LogP contribution in [0.3, 0.4) is 0 Å². The summed E-state index contributed by atoms with van der Waals surface area (Å²) in [6.45, 7) is 0.244. The number of amides is 2. The zero-order valence-corrected chi connectivity index (χ0v) is 9.76. The lowest BCUT2D eigenvalue weighted by Gasteiger charge is -2.16. The number of aliphatic hydroxyl groups is 1. The number of carbonyl (C=O) groups excluding carboxylic acids is 1. The molecule has 0 aliphatic heterocycles. The van der Waals surface area contributed by atoms with E-state index in [0.717, 1.165) is 18.7 Å². The third-order valence-corrected chi connectivity index (χ3v) is 2.65. The number of aromatic nitrogens is 2. The number of rotatable bonds is 4. The van der Waals surface area contributed by atoms with Gasteiger partial charge in [0.15, 0.2) is 0 Å². The second kappa shape index (κ2) is 5.09. The van der Waals surface area contributed by atoms with Crippen LogP contribution in [0.1, 0.15) is 24.6 Å². The van der Waals surface area contributed by atoms with Gasteiger partial charge in [-0.05, 0) is 12.8 Å². The molecule has 1 heterocycles. The van der Waals surface area contributed by atoms with Crippen molar-refractivity contribution in [1.29, 1.82) is 0 Å². The van der Waals surface area contributed by atoms with Crippen molar-refractivity contribution in [2.24, 2.45) is 0 Å². The molecule has 1 saturated carbocycles. The number of nitrogens with one attached hydrogen (secondary N) is 1. The second-order valence-electron chi connectivity index (χ2n) is 4.18. The van der Waals surface area contributed by atoms with Crippen molar-refractivity contribution < 1.29 is 9.90 Å². The number of hydrogen-bond donors (Lipinski definition) is 2. The standard InChI is InChI=1S/C11H16N4O2/c1-15(4-5-16)11(17)14-9-6-12-10(13-7-9)8-2-3-8/h6-8,16H,2-5H2,1H3,(H,14,17). The van der Waals surface area contributed by atoms with Gasteiger partial charge in [0, 0.05) is 19.5 Å². The highest BCUT2D eigenvalue weighted by Crippen LogP contribution is 2.37. The molecule has 2 rings (SSSR count). The molecular formula is C11H16N4O2. The number of hydrogen-bond acceptors (Lipinski definition) is 4. The molecule has 0 radical (unpaired) electrons. The van der Waals surface area contributed by atoms with Crippen molar-refractivity contribution in [2.75, 3.05) is 25.5 Å². The Morgan fingerprint density at radius 3 is 2.71 bits per heavy atom. The van der Waals surface area contributed by atoms with Crippen molar-refractivity contribution in [3.8, 4) is 0 Å². The average molecular weight is 236 g/mol. The van der Waals surface area contributed by atoms with Crippen molar-refractivity contribution in [3.05, 3.63) is 18.2 Å². The molecule has 1 aromatic rings. The molecule has 0 spiro atoms. The molecular weight excluding hydrogens is 220 g/mol. The number of urea groups is 1. The SMILES string of the molecule is CN(CCO)C(=O)Nc1cnc(C2CC2)nc1. The Balaban J connectivity index is 1.91. The second-order valence-corrected chi connectivity index (χ2v) is 4.18. The Kier molecular flexibility index (Phi) is 3.53. The molecule has 2 amide bonds. The van der Waals surface area contributed by atoms with Crippen LogP contribution in [0.15, 0.2) is 12.4 Å². The van der Waals surface area contributed by atoms with Crippen LogP contribution >= 0.6 is 0 Å². The zero-order valence-electron chi connectivity index (χ0n) is 9.76. The lowest BCUT2D eigenvalue weighted by Crippen LogP contribution is -2.33. The van der Waals surface area contributed by atoms with Gasteiger partial charge < -0.3 is 15.3 Å². The number of anilines is 1. The zero-order chi connectivity index (χ0) is 12.3. The first kappa shape index (κ1) is 11.8. The predicted molar refractivity (Wildman–Crippen MR) is 62.7 cm³/mol. The van der Waals surface area contributed by atoms with Crippen molar-refractivity contribution in [1.82, 2.24) is 14.9 Å². The molecule has 92 valence electrons. The van der Waals surface area contributed by atoms with Gasteiger partial charge in [0.1, 0.15) is 5.82 Å². The Morgan fingerprint density at radius 1 is 1.53 bits per heavy atom. The number of aliphatic hydroxyl groups excluding tert-OH is 1. The van der Waals surface area contributed by atoms with Gasteiger partial charge in [-0.1, -0.05) is 0 Å². The molecule has 0 bridgehead atoms. The lowest BCUT2D eigenvalue weighted by atomic mass is 10.4. The van der Waals surface area contributed by atoms with Crippen LogP contribution in [0.5, 0.6) is 0 Å². The Labute approximate surface area is 99.7 Å². The van der Waals surface area contributed by atoms with Crippen LogP contribution < -0.4 is 5.32 Å². The van der Waals surface area contributed by atoms with E-state index >= 15 is 0 Å². The van der Waals surface area contributed by atoms with E-state index in [0.29, 0.717) is 18.2 Å². The number of likely N-dealkylation sites (N-methyl/N-ethyl adjacent to an activating group) is 1. The third kappa shape index (κ3) is 3.13. The fourth-order valence-corrected chi connectivity index (χ4v) is 1.43. The molecule has 17 heavy (non-hydrogen) atoms. The summed E-state index contributed by atoms with van der Waals surface area (Å²) >= 11 is 0. The maximum atomic E-state index is 11.6. The molecule has 0 aromatic carbocycles. The van der Waals surface area contributed by atoms with Gasteiger partial charge in [0.25, 0.3) is 0 Å². The molecule has 1 aliphatic rings. The summed E-state index contributed by atoms with van der Waals surface area (Å²) in [5, 5.41) is 11.4. The number of nitrogens with zero attached hydrogens (tertiary/aromatic N) is 3. The van der Waals surface area contributed by atoms with Gasteiger partial charge >= 0.3 is 6.03 Å². The largest absolute Gasteiger partial charge is 0.395 e. The molecule has 2 N–H and O–H groups in total. The molecule has 0 saturated heterocycles. The Hall–Kier alpha value is -1.69. The number of carbonyl (C=O) groups is 1. The molecule has 1 aromatic heterocycles. The van der Waals surface area contributed by atoms with E-state index in [2.05, 4.69) is 15.3 Å². The van der Waals surface area contributed by atoms with Gasteiger partial charge in [-0.3, -0.25) is 0 Å². The van der Waals surface area contributed by atoms with Crippen LogP contribution in [-0.2, 0) is 0 Å². The minimum Gasteiger partial charge on any atom is -0.395 e. The molecule has 0 atom stereocenters. The summed E-state index contributed by atoms with van der Waals surface area (Å²) in [6, 6.07) is -0.276. The van der Waals surface area contributed by atoms with E-state index < -0.39 is 0 Å². The highest BCUT2D eigenvalue weighted by atomic mass is 16.3. The quantitative estimate of drug-likeness (QED) is 0.811. The van der Waals surface area contributed by atoms with Crippen molar-refractivity contribution in [3.63, 3.8) is 0 Å². The lowest BCUT2D eigenvalue weighted by molar-refractivity contribution is 0.202. The molecule has 6 nitrogen and oxygen atoms in total. The maximum Gasteiger partial charge on any atom is 0.321 e. The first-order valence-corrected chi connectivity index (χ1v) is 5.65. The van der Waals surface area contributed by atoms with E-state index in [-0.39, 0.29) is 12.6 Å². The monoisotopic (exact) mass is 236 g/mol. The summed E-state index contributed by atoms with van der Waals surface area (Å²) in [5.41, 5.74) is 0.573. The molecule has 1 aliphatic carbocycles. The summed E-state index contributed by atoms with van der Waals surface area (Å²) < 4.78 is 0. The fourth-order valence-electron chi connectivity index (χ4n) is 1.43. The van der Waals surface area contributed by atoms with Gasteiger partial charge in [0.2, 0.25) is 0 Å². The maximum absolute atomic E-state index is 11.6. The van der Waals surface area contributed by atoms with Gasteiger partial charge in [-0.25, -0.2) is 14.8 Å². The van der Waals surface area contributed by atoms with E-state index in [4.69, 9.17) is 5.11 Å². The predicted octanol–water partition coefficient (Wildman–Crippen LogP) is 0.810. The smallest absolute Gasteiger partial charge is 0.321 e. The van der Waals surface area contributed by atoms with Crippen LogP contribution in [0.4, 0.5) is 10.5 Å². The fraction of sp³-hybridized carbons (Fsp3) is 0.545. The average Bonchev–Trinajstić information content (AvgIpc) is 3.14. The summed E-state index contributed by atoms with van der Waals surface area (Å²) in [4.78, 5) is 21.4. The molecule has 6 heteroatoms. The van der Waals surface area contributed by atoms with Crippen LogP contribution in [-0.4, -0.2) is 46.2 Å². The highest BCUT2D eigenvalue weighted by Gasteiger charge is 2.26. The van der Waals surface area contributed by atoms with Gasteiger partial charge in [-0.15, -0.1) is 0 Å². The molecule has 1 fully saturated rings. The van der Waals surface area contributed by atoms with Gasteiger partial charge in [0.05, 0.1) is 24.7 Å². The summed E-state index contributed by atoms with van der Waals surface area (Å²) in [6.07, 6.45) is 5.55.